The molecule has 0 heterocycles. The van der Waals surface area contributed by atoms with Crippen molar-refractivity contribution in [3.63, 3.8) is 0 Å². The van der Waals surface area contributed by atoms with Crippen LogP contribution in [0.1, 0.15) is 68.1 Å². The highest BCUT2D eigenvalue weighted by molar-refractivity contribution is 6.22. The maximum absolute atomic E-state index is 13.8. The van der Waals surface area contributed by atoms with Crippen LogP contribution in [0, 0.1) is 17.8 Å². The van der Waals surface area contributed by atoms with Crippen LogP contribution in [0.2, 0.25) is 0 Å². The Morgan fingerprint density at radius 2 is 1.79 bits per heavy atom. The van der Waals surface area contributed by atoms with E-state index in [1.54, 1.807) is 0 Å². The summed E-state index contributed by atoms with van der Waals surface area (Å²) in [7, 11) is 3.76. The van der Waals surface area contributed by atoms with E-state index in [9.17, 15) is 34.8 Å². The number of amides is 1. The molecule has 5 rings (SSSR count). The van der Waals surface area contributed by atoms with Crippen molar-refractivity contribution >= 4 is 28.9 Å². The quantitative estimate of drug-likeness (QED) is 0.367. The number of phenols is 1. The number of nitrogens with zero attached hydrogens (tertiary/aromatic N) is 1. The van der Waals surface area contributed by atoms with Gasteiger partial charge in [0.25, 0.3) is 5.91 Å². The number of rotatable bonds is 5. The molecule has 2 saturated carbocycles. The number of aliphatic hydroxyl groups excluding tert-OH is 2. The summed E-state index contributed by atoms with van der Waals surface area (Å²) in [6.45, 7) is 0. The van der Waals surface area contributed by atoms with Crippen LogP contribution in [0.4, 0.5) is 5.69 Å². The van der Waals surface area contributed by atoms with Gasteiger partial charge >= 0.3 is 0 Å². The average Bonchev–Trinajstić information content (AvgIpc) is 2.86. The van der Waals surface area contributed by atoms with E-state index in [0.717, 1.165) is 12.1 Å². The molecule has 4 aliphatic carbocycles. The van der Waals surface area contributed by atoms with Gasteiger partial charge in [0, 0.05) is 37.7 Å². The van der Waals surface area contributed by atoms with Gasteiger partial charge < -0.3 is 31.1 Å². The van der Waals surface area contributed by atoms with Crippen molar-refractivity contribution in [2.45, 2.75) is 69.8 Å². The van der Waals surface area contributed by atoms with Gasteiger partial charge in [-0.15, -0.1) is 0 Å². The highest BCUT2D eigenvalue weighted by Crippen LogP contribution is 2.53. The first-order valence-corrected chi connectivity index (χ1v) is 13.5. The number of anilines is 1. The van der Waals surface area contributed by atoms with E-state index in [1.807, 2.05) is 25.1 Å². The number of aromatic hydroxyl groups is 1. The molecule has 0 aromatic heterocycles. The van der Waals surface area contributed by atoms with Crippen molar-refractivity contribution in [3.05, 3.63) is 39.7 Å². The number of nitrogens with two attached hydrogens (primary N) is 1. The molecular weight excluding hydrogens is 488 g/mol. The van der Waals surface area contributed by atoms with Gasteiger partial charge in [-0.1, -0.05) is 32.1 Å². The van der Waals surface area contributed by atoms with E-state index in [1.165, 1.54) is 32.1 Å². The number of primary amides is 1. The molecule has 1 aromatic rings. The summed E-state index contributed by atoms with van der Waals surface area (Å²) in [6, 6.07) is 1.95. The molecule has 0 bridgehead atoms. The lowest BCUT2D eigenvalue weighted by Gasteiger charge is -2.46. The molecule has 4 aliphatic rings. The second-order valence-electron chi connectivity index (χ2n) is 11.6. The fourth-order valence-electron chi connectivity index (χ4n) is 7.15. The summed E-state index contributed by atoms with van der Waals surface area (Å²) in [6.07, 6.45) is 7.69. The Labute approximate surface area is 221 Å². The van der Waals surface area contributed by atoms with Gasteiger partial charge in [-0.3, -0.25) is 14.4 Å². The topological polar surface area (TPSA) is 161 Å². The van der Waals surface area contributed by atoms with E-state index < -0.39 is 52.0 Å². The Kier molecular flexibility index (Phi) is 6.54. The summed E-state index contributed by atoms with van der Waals surface area (Å²) < 4.78 is 0. The predicted molar refractivity (Wildman–Crippen MR) is 141 cm³/mol. The van der Waals surface area contributed by atoms with Crippen molar-refractivity contribution < 1.29 is 34.8 Å². The first-order chi connectivity index (χ1) is 18.0. The number of phenolic OH excluding ortho intramolecular Hbond substituents is 1. The third kappa shape index (κ3) is 3.90. The molecule has 0 aliphatic heterocycles. The number of aryl methyl sites for hydroxylation is 1. The number of Topliss-reactive ketones (excluding diaryl/α,β-unsaturated/α-hetero) is 2. The normalized spacial score (nSPS) is 27.7. The number of hydrogen-bond donors (Lipinski definition) is 5. The van der Waals surface area contributed by atoms with Gasteiger partial charge in [-0.25, -0.2) is 0 Å². The molecule has 38 heavy (non-hydrogen) atoms. The molecule has 204 valence electrons. The minimum absolute atomic E-state index is 0.0804. The number of ketones is 2. The Bertz CT molecular complexity index is 1290. The van der Waals surface area contributed by atoms with Crippen LogP contribution < -0.4 is 10.6 Å². The zero-order valence-corrected chi connectivity index (χ0v) is 21.9. The van der Waals surface area contributed by atoms with Gasteiger partial charge in [0.1, 0.15) is 22.8 Å². The van der Waals surface area contributed by atoms with Gasteiger partial charge in [0.05, 0.1) is 5.56 Å². The lowest BCUT2D eigenvalue weighted by atomic mass is 9.59. The number of hydrogen-bond acceptors (Lipinski definition) is 8. The first kappa shape index (κ1) is 26.3. The Morgan fingerprint density at radius 1 is 1.11 bits per heavy atom. The van der Waals surface area contributed by atoms with Crippen molar-refractivity contribution in [3.8, 4) is 5.75 Å². The second-order valence-corrected chi connectivity index (χ2v) is 11.6. The van der Waals surface area contributed by atoms with Gasteiger partial charge in [-0.2, -0.15) is 0 Å². The predicted octanol–water partition coefficient (Wildman–Crippen LogP) is 3.00. The maximum Gasteiger partial charge on any atom is 0.255 e. The number of aliphatic hydroxyl groups is 3. The van der Waals surface area contributed by atoms with E-state index >= 15 is 0 Å². The monoisotopic (exact) mass is 524 g/mol. The maximum atomic E-state index is 13.8. The number of fused-ring (bicyclic) bond motifs is 3. The third-order valence-electron chi connectivity index (χ3n) is 9.15. The number of carbonyl (C=O) groups excluding carboxylic acids is 3. The molecule has 2 fully saturated rings. The number of carbonyl (C=O) groups is 3. The molecule has 1 amide bonds. The van der Waals surface area contributed by atoms with Crippen LogP contribution >= 0.6 is 0 Å². The van der Waals surface area contributed by atoms with Crippen LogP contribution in [0.5, 0.6) is 5.75 Å². The SMILES string of the molecule is CN(C)c1cc(CCC2CCCCC2)c(O)c2c1C[C@H]1C[C@H]3CC(=O)C(C(N)=O)=C(O)[C@@]3(O)C(=O)C1=C2O. The molecule has 0 radical (unpaired) electrons. The largest absolute Gasteiger partial charge is 0.508 e. The van der Waals surface area contributed by atoms with E-state index in [-0.39, 0.29) is 29.7 Å². The molecule has 9 nitrogen and oxygen atoms in total. The van der Waals surface area contributed by atoms with Crippen molar-refractivity contribution in [1.82, 2.24) is 0 Å². The van der Waals surface area contributed by atoms with Gasteiger partial charge in [0.15, 0.2) is 11.4 Å². The third-order valence-corrected chi connectivity index (χ3v) is 9.15. The van der Waals surface area contributed by atoms with Crippen LogP contribution in [0.3, 0.4) is 0 Å². The summed E-state index contributed by atoms with van der Waals surface area (Å²) in [4.78, 5) is 40.0. The zero-order chi connectivity index (χ0) is 27.5. The highest BCUT2D eigenvalue weighted by atomic mass is 16.3. The average molecular weight is 525 g/mol. The van der Waals surface area contributed by atoms with Crippen molar-refractivity contribution in [1.29, 1.82) is 0 Å². The van der Waals surface area contributed by atoms with Crippen LogP contribution in [0.15, 0.2) is 23.0 Å². The molecule has 1 aromatic carbocycles. The summed E-state index contributed by atoms with van der Waals surface area (Å²) in [5, 5.41) is 45.0. The fraction of sp³-hybridized carbons (Fsp3) is 0.552. The summed E-state index contributed by atoms with van der Waals surface area (Å²) in [5.41, 5.74) is 4.20. The Morgan fingerprint density at radius 3 is 2.42 bits per heavy atom. The van der Waals surface area contributed by atoms with Gasteiger partial charge in [-0.05, 0) is 54.7 Å². The molecular formula is C29H36N2O7. The standard InChI is InChI=1S/C29H36N2O7/c1-31(2)19-12-15(9-8-14-6-4-3-5-7-14)24(33)22-18(19)11-16-10-17-13-20(32)23(28(30)37)27(36)29(17,38)26(35)21(16)25(22)34/h12,14,16-17,33-34,36,38H,3-11,13H2,1-2H3,(H2,30,37)/t16-,17+,29+/m1/s1. The summed E-state index contributed by atoms with van der Waals surface area (Å²) >= 11 is 0. The van der Waals surface area contributed by atoms with Crippen molar-refractivity contribution in [2.75, 3.05) is 19.0 Å². The molecule has 0 saturated heterocycles. The van der Waals surface area contributed by atoms with E-state index in [0.29, 0.717) is 29.9 Å². The molecule has 0 unspecified atom stereocenters. The van der Waals surface area contributed by atoms with E-state index in [4.69, 9.17) is 5.73 Å². The lowest BCUT2D eigenvalue weighted by Crippen LogP contribution is -2.58. The minimum Gasteiger partial charge on any atom is -0.508 e. The number of benzene rings is 1. The van der Waals surface area contributed by atoms with Crippen LogP contribution in [0.25, 0.3) is 5.76 Å². The highest BCUT2D eigenvalue weighted by Gasteiger charge is 2.60. The Balaban J connectivity index is 1.61. The summed E-state index contributed by atoms with van der Waals surface area (Å²) in [5.74, 6) is -5.40. The van der Waals surface area contributed by atoms with Crippen LogP contribution in [-0.4, -0.2) is 57.6 Å². The fourth-order valence-corrected chi connectivity index (χ4v) is 7.15. The molecule has 0 spiro atoms. The van der Waals surface area contributed by atoms with Crippen LogP contribution in [-0.2, 0) is 27.2 Å². The van der Waals surface area contributed by atoms with Gasteiger partial charge in [0.2, 0.25) is 5.78 Å². The zero-order valence-electron chi connectivity index (χ0n) is 21.9. The molecule has 3 atom stereocenters. The minimum atomic E-state index is -2.55. The second kappa shape index (κ2) is 9.45. The lowest BCUT2D eigenvalue weighted by molar-refractivity contribution is -0.147. The smallest absolute Gasteiger partial charge is 0.255 e. The van der Waals surface area contributed by atoms with Crippen molar-refractivity contribution in [2.24, 2.45) is 23.5 Å². The first-order valence-electron chi connectivity index (χ1n) is 13.5. The molecule has 6 N–H and O–H groups in total. The Hall–Kier alpha value is -3.33. The van der Waals surface area contributed by atoms with E-state index in [2.05, 4.69) is 0 Å². The molecule has 9 heteroatoms.